The Morgan fingerprint density at radius 3 is 2.04 bits per heavy atom. The number of pyridine rings is 1. The van der Waals surface area contributed by atoms with E-state index in [1.54, 1.807) is 12.1 Å². The Hall–Kier alpha value is -2.74. The molecule has 0 fully saturated rings. The van der Waals surface area contributed by atoms with E-state index in [2.05, 4.69) is 19.8 Å². The van der Waals surface area contributed by atoms with E-state index in [4.69, 9.17) is 0 Å². The van der Waals surface area contributed by atoms with Crippen LogP contribution in [0.3, 0.4) is 0 Å². The zero-order chi connectivity index (χ0) is 19.1. The van der Waals surface area contributed by atoms with Crippen molar-refractivity contribution in [1.29, 1.82) is 0 Å². The summed E-state index contributed by atoms with van der Waals surface area (Å²) in [5.74, 6) is 0.555. The average Bonchev–Trinajstić information content (AvgIpc) is 3.13. The molecule has 0 unspecified atom stereocenters. The summed E-state index contributed by atoms with van der Waals surface area (Å²) in [6.45, 7) is 9.60. The van der Waals surface area contributed by atoms with E-state index in [0.717, 1.165) is 27.8 Å². The summed E-state index contributed by atoms with van der Waals surface area (Å²) < 4.78 is 30.1. The van der Waals surface area contributed by atoms with Crippen molar-refractivity contribution in [3.8, 4) is 5.82 Å². The van der Waals surface area contributed by atoms with E-state index in [1.807, 2.05) is 34.6 Å². The maximum atomic E-state index is 13.0. The third kappa shape index (κ3) is 3.08. The van der Waals surface area contributed by atoms with Crippen LogP contribution in [0.15, 0.2) is 35.9 Å². The molecule has 3 rings (SSSR count). The summed E-state index contributed by atoms with van der Waals surface area (Å²) >= 11 is 0. The predicted octanol–water partition coefficient (Wildman–Crippen LogP) is 3.01. The normalized spacial score (nSPS) is 11.6. The van der Waals surface area contributed by atoms with Gasteiger partial charge in [-0.15, -0.1) is 0 Å². The average molecular weight is 371 g/mol. The number of benzene rings is 1. The van der Waals surface area contributed by atoms with Gasteiger partial charge in [0.05, 0.1) is 16.8 Å². The second-order valence-electron chi connectivity index (χ2n) is 6.30. The maximum Gasteiger partial charge on any atom is 0.262 e. The van der Waals surface area contributed by atoms with Crippen molar-refractivity contribution in [2.45, 2.75) is 39.5 Å². The minimum absolute atomic E-state index is 0.332. The molecule has 1 aromatic carbocycles. The van der Waals surface area contributed by atoms with Gasteiger partial charge in [-0.1, -0.05) is 0 Å². The molecule has 0 aliphatic carbocycles. The minimum Gasteiger partial charge on any atom is -0.278 e. The Labute approximate surface area is 153 Å². The summed E-state index contributed by atoms with van der Waals surface area (Å²) in [4.78, 5) is 8.42. The highest BCUT2D eigenvalue weighted by Gasteiger charge is 2.23. The van der Waals surface area contributed by atoms with Crippen LogP contribution in [0.25, 0.3) is 5.82 Å². The lowest BCUT2D eigenvalue weighted by Crippen LogP contribution is -2.18. The summed E-state index contributed by atoms with van der Waals surface area (Å²) in [7, 11) is -3.73. The summed E-state index contributed by atoms with van der Waals surface area (Å²) in [6, 6.07) is 3.33. The third-order valence-electron chi connectivity index (χ3n) is 4.85. The van der Waals surface area contributed by atoms with Crippen molar-refractivity contribution in [2.24, 2.45) is 0 Å². The molecule has 7 nitrogen and oxygen atoms in total. The molecule has 0 atom stereocenters. The lowest BCUT2D eigenvalue weighted by molar-refractivity contribution is 0.599. The van der Waals surface area contributed by atoms with Crippen molar-refractivity contribution in [2.75, 3.05) is 4.72 Å². The molecule has 1 N–H and O–H groups in total. The maximum absolute atomic E-state index is 13.0. The molecule has 2 heterocycles. The second kappa shape index (κ2) is 6.53. The van der Waals surface area contributed by atoms with Crippen LogP contribution >= 0.6 is 0 Å². The molecule has 0 radical (unpaired) electrons. The van der Waals surface area contributed by atoms with Gasteiger partial charge in [0.2, 0.25) is 0 Å². The molecule has 26 heavy (non-hydrogen) atoms. The lowest BCUT2D eigenvalue weighted by Gasteiger charge is -2.19. The van der Waals surface area contributed by atoms with E-state index >= 15 is 0 Å². The SMILES string of the molecule is Cc1c(C)c(C)c(S(=O)(=O)Nc2ccc(-n3cncn3)nc2)c(C)c1C. The summed E-state index contributed by atoms with van der Waals surface area (Å²) in [5, 5.41) is 3.99. The number of anilines is 1. The molecular weight excluding hydrogens is 350 g/mol. The van der Waals surface area contributed by atoms with Crippen LogP contribution in [-0.2, 0) is 10.0 Å². The zero-order valence-corrected chi connectivity index (χ0v) is 16.2. The van der Waals surface area contributed by atoms with Crippen LogP contribution < -0.4 is 4.72 Å². The molecule has 0 aliphatic rings. The van der Waals surface area contributed by atoms with Crippen LogP contribution in [0.1, 0.15) is 27.8 Å². The first-order valence-electron chi connectivity index (χ1n) is 8.13. The molecule has 0 bridgehead atoms. The van der Waals surface area contributed by atoms with E-state index in [1.165, 1.54) is 23.5 Å². The molecule has 0 saturated carbocycles. The molecule has 8 heteroatoms. The number of nitrogens with zero attached hydrogens (tertiary/aromatic N) is 4. The predicted molar refractivity (Wildman–Crippen MR) is 100 cm³/mol. The Morgan fingerprint density at radius 2 is 1.54 bits per heavy atom. The minimum atomic E-state index is -3.73. The van der Waals surface area contributed by atoms with Crippen molar-refractivity contribution in [3.05, 3.63) is 58.8 Å². The molecule has 0 saturated heterocycles. The monoisotopic (exact) mass is 371 g/mol. The topological polar surface area (TPSA) is 89.8 Å². The molecule has 0 amide bonds. The first-order chi connectivity index (χ1) is 12.2. The van der Waals surface area contributed by atoms with Crippen LogP contribution in [0.2, 0.25) is 0 Å². The Bertz CT molecular complexity index is 1030. The van der Waals surface area contributed by atoms with Gasteiger partial charge >= 0.3 is 0 Å². The van der Waals surface area contributed by atoms with Crippen LogP contribution in [0.5, 0.6) is 0 Å². The van der Waals surface area contributed by atoms with E-state index < -0.39 is 10.0 Å². The highest BCUT2D eigenvalue weighted by Crippen LogP contribution is 2.30. The largest absolute Gasteiger partial charge is 0.278 e. The van der Waals surface area contributed by atoms with E-state index in [-0.39, 0.29) is 0 Å². The number of hydrogen-bond donors (Lipinski definition) is 1. The zero-order valence-electron chi connectivity index (χ0n) is 15.4. The van der Waals surface area contributed by atoms with Crippen LogP contribution in [0, 0.1) is 34.6 Å². The number of nitrogens with one attached hydrogen (secondary N) is 1. The van der Waals surface area contributed by atoms with E-state index in [0.29, 0.717) is 16.4 Å². The molecule has 0 spiro atoms. The summed E-state index contributed by atoms with van der Waals surface area (Å²) in [5.41, 5.74) is 5.04. The number of aromatic nitrogens is 4. The Balaban J connectivity index is 1.98. The first kappa shape index (κ1) is 18.1. The van der Waals surface area contributed by atoms with Gasteiger partial charge in [-0.25, -0.2) is 23.1 Å². The van der Waals surface area contributed by atoms with Crippen molar-refractivity contribution in [1.82, 2.24) is 19.7 Å². The first-order valence-corrected chi connectivity index (χ1v) is 9.61. The quantitative estimate of drug-likeness (QED) is 0.761. The van der Waals surface area contributed by atoms with Crippen LogP contribution in [-0.4, -0.2) is 28.2 Å². The molecule has 136 valence electrons. The van der Waals surface area contributed by atoms with Crippen molar-refractivity contribution in [3.63, 3.8) is 0 Å². The van der Waals surface area contributed by atoms with Crippen molar-refractivity contribution < 1.29 is 8.42 Å². The molecule has 0 aliphatic heterocycles. The van der Waals surface area contributed by atoms with Gasteiger partial charge in [-0.05, 0) is 74.6 Å². The van der Waals surface area contributed by atoms with Gasteiger partial charge in [0.15, 0.2) is 5.82 Å². The Kier molecular flexibility index (Phi) is 4.53. The highest BCUT2D eigenvalue weighted by atomic mass is 32.2. The Morgan fingerprint density at radius 1 is 0.923 bits per heavy atom. The summed E-state index contributed by atoms with van der Waals surface area (Å²) in [6.07, 6.45) is 4.40. The highest BCUT2D eigenvalue weighted by molar-refractivity contribution is 7.92. The fourth-order valence-corrected chi connectivity index (χ4v) is 4.63. The van der Waals surface area contributed by atoms with Gasteiger partial charge in [0.25, 0.3) is 10.0 Å². The smallest absolute Gasteiger partial charge is 0.262 e. The van der Waals surface area contributed by atoms with Gasteiger partial charge in [0.1, 0.15) is 12.7 Å². The third-order valence-corrected chi connectivity index (χ3v) is 6.51. The van der Waals surface area contributed by atoms with Crippen molar-refractivity contribution >= 4 is 15.7 Å². The number of sulfonamides is 1. The fraction of sp³-hybridized carbons (Fsp3) is 0.278. The van der Waals surface area contributed by atoms with E-state index in [9.17, 15) is 8.42 Å². The fourth-order valence-electron chi connectivity index (χ4n) is 2.98. The second-order valence-corrected chi connectivity index (χ2v) is 7.92. The molecule has 3 aromatic rings. The lowest BCUT2D eigenvalue weighted by atomic mass is 9.95. The van der Waals surface area contributed by atoms with Gasteiger partial charge in [-0.2, -0.15) is 5.10 Å². The standard InChI is InChI=1S/C18H21N5O2S/c1-11-12(2)14(4)18(15(5)13(11)3)26(24,25)22-16-6-7-17(20-8-16)23-10-19-9-21-23/h6-10,22H,1-5H3. The van der Waals surface area contributed by atoms with Gasteiger partial charge in [0, 0.05) is 0 Å². The van der Waals surface area contributed by atoms with Crippen LogP contribution in [0.4, 0.5) is 5.69 Å². The molecule has 2 aromatic heterocycles. The van der Waals surface area contributed by atoms with Gasteiger partial charge < -0.3 is 0 Å². The van der Waals surface area contributed by atoms with Gasteiger partial charge in [-0.3, -0.25) is 4.72 Å². The number of hydrogen-bond acceptors (Lipinski definition) is 5. The number of rotatable bonds is 4. The molecular formula is C18H21N5O2S.